The van der Waals surface area contributed by atoms with Gasteiger partial charge in [-0.15, -0.1) is 6.58 Å². The van der Waals surface area contributed by atoms with Crippen molar-refractivity contribution < 1.29 is 18.9 Å². The predicted molar refractivity (Wildman–Crippen MR) is 140 cm³/mol. The molecule has 0 bridgehead atoms. The zero-order chi connectivity index (χ0) is 23.9. The summed E-state index contributed by atoms with van der Waals surface area (Å²) in [4.78, 5) is 0. The third-order valence-electron chi connectivity index (χ3n) is 4.17. The summed E-state index contributed by atoms with van der Waals surface area (Å²) in [5, 5.41) is 7.49. The zero-order valence-corrected chi connectivity index (χ0v) is 21.3. The monoisotopic (exact) mass is 535 g/mol. The Hall–Kier alpha value is -2.62. The molecule has 33 heavy (non-hydrogen) atoms. The summed E-state index contributed by atoms with van der Waals surface area (Å²) in [5.41, 5.74) is 4.67. The number of thiocarbonyl (C=S) groups is 1. The van der Waals surface area contributed by atoms with E-state index in [9.17, 15) is 0 Å². The molecule has 0 spiro atoms. The maximum atomic E-state index is 5.91. The molecule has 0 aromatic heterocycles. The van der Waals surface area contributed by atoms with Crippen LogP contribution >= 0.6 is 28.1 Å². The maximum absolute atomic E-state index is 5.91. The molecule has 0 heterocycles. The summed E-state index contributed by atoms with van der Waals surface area (Å²) in [6, 6.07) is 11.6. The number of hydrazone groups is 1. The van der Waals surface area contributed by atoms with E-state index in [2.05, 4.69) is 38.4 Å². The molecular weight excluding hydrogens is 506 g/mol. The Labute approximate surface area is 209 Å². The second kappa shape index (κ2) is 15.3. The Morgan fingerprint density at radius 3 is 2.58 bits per heavy atom. The van der Waals surface area contributed by atoms with Crippen LogP contribution in [0.1, 0.15) is 18.1 Å². The Morgan fingerprint density at radius 2 is 1.85 bits per heavy atom. The van der Waals surface area contributed by atoms with E-state index in [1.807, 2.05) is 50.2 Å². The van der Waals surface area contributed by atoms with Gasteiger partial charge in [-0.2, -0.15) is 5.10 Å². The second-order valence-corrected chi connectivity index (χ2v) is 7.97. The highest BCUT2D eigenvalue weighted by atomic mass is 79.9. The van der Waals surface area contributed by atoms with Crippen molar-refractivity contribution in [1.82, 2.24) is 10.7 Å². The summed E-state index contributed by atoms with van der Waals surface area (Å²) in [6.07, 6.45) is 3.36. The molecule has 9 heteroatoms. The number of nitrogens with one attached hydrogen (secondary N) is 2. The first kappa shape index (κ1) is 26.6. The summed E-state index contributed by atoms with van der Waals surface area (Å²) in [5.74, 6) is 2.10. The van der Waals surface area contributed by atoms with E-state index >= 15 is 0 Å². The predicted octanol–water partition coefficient (Wildman–Crippen LogP) is 4.61. The van der Waals surface area contributed by atoms with Crippen molar-refractivity contribution in [2.45, 2.75) is 13.8 Å². The van der Waals surface area contributed by atoms with Gasteiger partial charge in [0.05, 0.1) is 30.5 Å². The molecule has 0 saturated heterocycles. The van der Waals surface area contributed by atoms with Crippen molar-refractivity contribution in [3.8, 4) is 17.2 Å². The molecule has 2 aromatic rings. The molecule has 2 N–H and O–H groups in total. The van der Waals surface area contributed by atoms with Gasteiger partial charge in [-0.3, -0.25) is 5.43 Å². The number of hydrogen-bond donors (Lipinski definition) is 2. The number of nitrogens with zero attached hydrogens (tertiary/aromatic N) is 1. The molecule has 0 aliphatic carbocycles. The molecule has 178 valence electrons. The average molecular weight is 536 g/mol. The molecule has 0 aliphatic rings. The fraction of sp³-hybridized carbons (Fsp3) is 0.333. The summed E-state index contributed by atoms with van der Waals surface area (Å²) in [7, 11) is 0. The van der Waals surface area contributed by atoms with Gasteiger partial charge in [0.25, 0.3) is 0 Å². The highest BCUT2D eigenvalue weighted by Crippen LogP contribution is 2.36. The third-order valence-corrected chi connectivity index (χ3v) is 5.00. The first-order valence-electron chi connectivity index (χ1n) is 10.6. The lowest BCUT2D eigenvalue weighted by molar-refractivity contribution is 0.0752. The van der Waals surface area contributed by atoms with Crippen LogP contribution in [-0.4, -0.2) is 50.9 Å². The number of rotatable bonds is 14. The van der Waals surface area contributed by atoms with Crippen LogP contribution in [0.2, 0.25) is 0 Å². The minimum absolute atomic E-state index is 0.376. The van der Waals surface area contributed by atoms with Gasteiger partial charge < -0.3 is 24.3 Å². The van der Waals surface area contributed by atoms with Gasteiger partial charge in [0, 0.05) is 6.54 Å². The molecule has 0 aliphatic heterocycles. The van der Waals surface area contributed by atoms with Crippen LogP contribution in [0.4, 0.5) is 0 Å². The van der Waals surface area contributed by atoms with Gasteiger partial charge in [-0.05, 0) is 71.3 Å². The van der Waals surface area contributed by atoms with Crippen LogP contribution < -0.4 is 25.0 Å². The average Bonchev–Trinajstić information content (AvgIpc) is 2.79. The number of hydrogen-bond acceptors (Lipinski definition) is 6. The highest BCUT2D eigenvalue weighted by Gasteiger charge is 2.12. The van der Waals surface area contributed by atoms with E-state index in [1.165, 1.54) is 0 Å². The van der Waals surface area contributed by atoms with Crippen molar-refractivity contribution in [3.05, 3.63) is 64.7 Å². The Morgan fingerprint density at radius 1 is 1.09 bits per heavy atom. The quantitative estimate of drug-likeness (QED) is 0.120. The Bertz CT molecular complexity index is 940. The third kappa shape index (κ3) is 9.81. The van der Waals surface area contributed by atoms with Gasteiger partial charge in [0.1, 0.15) is 19.0 Å². The Balaban J connectivity index is 1.81. The second-order valence-electron chi connectivity index (χ2n) is 6.71. The van der Waals surface area contributed by atoms with Crippen molar-refractivity contribution in [1.29, 1.82) is 0 Å². The molecule has 0 atom stereocenters. The Kier molecular flexibility index (Phi) is 12.3. The van der Waals surface area contributed by atoms with Crippen LogP contribution in [0.3, 0.4) is 0 Å². The van der Waals surface area contributed by atoms with E-state index in [0.717, 1.165) is 21.3 Å². The molecule has 2 aromatic carbocycles. The first-order valence-corrected chi connectivity index (χ1v) is 11.8. The molecule has 2 rings (SSSR count). The minimum Gasteiger partial charge on any atom is -0.491 e. The highest BCUT2D eigenvalue weighted by molar-refractivity contribution is 9.10. The zero-order valence-electron chi connectivity index (χ0n) is 18.9. The number of benzene rings is 2. The molecule has 0 radical (unpaired) electrons. The molecule has 0 amide bonds. The first-order chi connectivity index (χ1) is 16.0. The van der Waals surface area contributed by atoms with Crippen molar-refractivity contribution >= 4 is 39.5 Å². The van der Waals surface area contributed by atoms with Gasteiger partial charge in [-0.25, -0.2) is 0 Å². The summed E-state index contributed by atoms with van der Waals surface area (Å²) >= 11 is 8.66. The molecule has 7 nitrogen and oxygen atoms in total. The summed E-state index contributed by atoms with van der Waals surface area (Å²) < 4.78 is 23.8. The van der Waals surface area contributed by atoms with E-state index in [1.54, 1.807) is 12.3 Å². The topological polar surface area (TPSA) is 73.3 Å². The van der Waals surface area contributed by atoms with E-state index in [4.69, 9.17) is 31.2 Å². The van der Waals surface area contributed by atoms with Crippen molar-refractivity contribution in [3.63, 3.8) is 0 Å². The van der Waals surface area contributed by atoms with Gasteiger partial charge >= 0.3 is 0 Å². The van der Waals surface area contributed by atoms with Crippen LogP contribution in [0.5, 0.6) is 17.2 Å². The van der Waals surface area contributed by atoms with Crippen LogP contribution in [-0.2, 0) is 4.74 Å². The van der Waals surface area contributed by atoms with Gasteiger partial charge in [-0.1, -0.05) is 24.3 Å². The number of para-hydroxylation sites is 1. The molecule has 0 fully saturated rings. The largest absolute Gasteiger partial charge is 0.491 e. The number of aryl methyl sites for hydroxylation is 1. The standard InChI is InChI=1S/C24H30BrN3O4S/c1-4-10-26-24(33)28-27-17-19-15-20(25)23(22(16-19)30-5-2)32-14-12-29-11-13-31-21-9-7-6-8-18(21)3/h4,6-9,15-17H,1,5,10-14H2,2-3H3,(H2,26,28,33)/b27-17-. The van der Waals surface area contributed by atoms with Crippen molar-refractivity contribution in [2.75, 3.05) is 39.6 Å². The van der Waals surface area contributed by atoms with E-state index in [0.29, 0.717) is 56.2 Å². The normalized spacial score (nSPS) is 10.6. The van der Waals surface area contributed by atoms with E-state index < -0.39 is 0 Å². The lowest BCUT2D eigenvalue weighted by Crippen LogP contribution is -2.31. The minimum atomic E-state index is 0.376. The fourth-order valence-electron chi connectivity index (χ4n) is 2.67. The number of ether oxygens (including phenoxy) is 4. The SMILES string of the molecule is C=CCNC(=S)N/N=C\c1cc(Br)c(OCCOCCOc2ccccc2C)c(OCC)c1. The van der Waals surface area contributed by atoms with Crippen molar-refractivity contribution in [2.24, 2.45) is 5.10 Å². The molecule has 0 saturated carbocycles. The number of halogens is 1. The lowest BCUT2D eigenvalue weighted by Gasteiger charge is -2.15. The van der Waals surface area contributed by atoms with Crippen LogP contribution in [0.15, 0.2) is 58.6 Å². The molecule has 0 unspecified atom stereocenters. The van der Waals surface area contributed by atoms with Gasteiger partial charge in [0.2, 0.25) is 0 Å². The van der Waals surface area contributed by atoms with Crippen LogP contribution in [0, 0.1) is 6.92 Å². The smallest absolute Gasteiger partial charge is 0.187 e. The molecular formula is C24H30BrN3O4S. The van der Waals surface area contributed by atoms with Gasteiger partial charge in [0.15, 0.2) is 16.6 Å². The summed E-state index contributed by atoms with van der Waals surface area (Å²) in [6.45, 7) is 10.4. The fourth-order valence-corrected chi connectivity index (χ4v) is 3.38. The van der Waals surface area contributed by atoms with E-state index in [-0.39, 0.29) is 0 Å². The lowest BCUT2D eigenvalue weighted by atomic mass is 10.2. The van der Waals surface area contributed by atoms with Crippen LogP contribution in [0.25, 0.3) is 0 Å². The maximum Gasteiger partial charge on any atom is 0.187 e.